The van der Waals surface area contributed by atoms with E-state index in [9.17, 15) is 0 Å². The first-order chi connectivity index (χ1) is 11.2. The van der Waals surface area contributed by atoms with Gasteiger partial charge in [0.15, 0.2) is 0 Å². The van der Waals surface area contributed by atoms with Gasteiger partial charge < -0.3 is 9.16 Å². The molecule has 0 aliphatic heterocycles. The van der Waals surface area contributed by atoms with E-state index in [2.05, 4.69) is 45.6 Å². The summed E-state index contributed by atoms with van der Waals surface area (Å²) in [6, 6.07) is 0. The van der Waals surface area contributed by atoms with E-state index in [4.69, 9.17) is 9.16 Å². The Labute approximate surface area is 149 Å². The number of hydrogen-bond donors (Lipinski definition) is 0. The fourth-order valence-electron chi connectivity index (χ4n) is 5.25. The van der Waals surface area contributed by atoms with E-state index >= 15 is 0 Å². The zero-order valence-electron chi connectivity index (χ0n) is 16.5. The Hall–Kier alpha value is -0.543. The van der Waals surface area contributed by atoms with E-state index in [1.165, 1.54) is 31.4 Å². The molecule has 2 nitrogen and oxygen atoms in total. The van der Waals surface area contributed by atoms with Crippen LogP contribution in [0.5, 0.6) is 0 Å². The molecule has 0 bridgehead atoms. The van der Waals surface area contributed by atoms with Crippen LogP contribution in [0.4, 0.5) is 0 Å². The van der Waals surface area contributed by atoms with Crippen molar-refractivity contribution in [2.75, 3.05) is 7.11 Å². The normalized spacial score (nSPS) is 40.2. The monoisotopic (exact) mass is 348 g/mol. The molecule has 0 N–H and O–H groups in total. The highest BCUT2D eigenvalue weighted by molar-refractivity contribution is 6.70. The van der Waals surface area contributed by atoms with Crippen LogP contribution in [0.2, 0.25) is 19.6 Å². The first-order valence-electron chi connectivity index (χ1n) is 9.85. The molecule has 0 amide bonds. The van der Waals surface area contributed by atoms with Crippen LogP contribution in [0.1, 0.15) is 52.4 Å². The van der Waals surface area contributed by atoms with Gasteiger partial charge in [0.2, 0.25) is 8.32 Å². The number of allylic oxidation sites excluding steroid dienone is 3. The predicted molar refractivity (Wildman–Crippen MR) is 103 cm³/mol. The van der Waals surface area contributed by atoms with Crippen LogP contribution in [0, 0.1) is 23.2 Å². The summed E-state index contributed by atoms with van der Waals surface area (Å²) in [5.41, 5.74) is 2.10. The van der Waals surface area contributed by atoms with Gasteiger partial charge in [-0.2, -0.15) is 0 Å². The smallest absolute Gasteiger partial charge is 0.241 e. The molecular formula is C21H36O2Si. The highest BCUT2D eigenvalue weighted by Gasteiger charge is 2.64. The topological polar surface area (TPSA) is 18.5 Å². The highest BCUT2D eigenvalue weighted by Crippen LogP contribution is 2.69. The van der Waals surface area contributed by atoms with Gasteiger partial charge >= 0.3 is 0 Å². The molecule has 0 aromatic rings. The zero-order valence-corrected chi connectivity index (χ0v) is 17.5. The fraction of sp³-hybridized carbons (Fsp3) is 0.810. The van der Waals surface area contributed by atoms with E-state index in [0.29, 0.717) is 17.4 Å². The quantitative estimate of drug-likeness (QED) is 0.465. The van der Waals surface area contributed by atoms with E-state index in [1.54, 1.807) is 5.57 Å². The zero-order chi connectivity index (χ0) is 17.5. The van der Waals surface area contributed by atoms with Crippen molar-refractivity contribution >= 4 is 8.32 Å². The third kappa shape index (κ3) is 3.67. The van der Waals surface area contributed by atoms with Gasteiger partial charge in [-0.05, 0) is 86.6 Å². The minimum atomic E-state index is -1.52. The van der Waals surface area contributed by atoms with Gasteiger partial charge in [-0.15, -0.1) is 0 Å². The molecule has 4 atom stereocenters. The van der Waals surface area contributed by atoms with E-state index < -0.39 is 8.32 Å². The summed E-state index contributed by atoms with van der Waals surface area (Å²) >= 11 is 0. The first-order valence-corrected chi connectivity index (χ1v) is 13.3. The van der Waals surface area contributed by atoms with Gasteiger partial charge in [-0.1, -0.05) is 19.9 Å². The number of hydrogen-bond acceptors (Lipinski definition) is 2. The minimum absolute atomic E-state index is 0.350. The minimum Gasteiger partial charge on any atom is -0.548 e. The van der Waals surface area contributed by atoms with Crippen molar-refractivity contribution in [1.29, 1.82) is 0 Å². The van der Waals surface area contributed by atoms with Crippen LogP contribution in [0.15, 0.2) is 23.5 Å². The fourth-order valence-corrected chi connectivity index (χ4v) is 6.22. The van der Waals surface area contributed by atoms with Crippen LogP contribution < -0.4 is 0 Å². The summed E-state index contributed by atoms with van der Waals surface area (Å²) in [7, 11) is 0.381. The number of fused-ring (bicyclic) bond motifs is 3. The molecule has 24 heavy (non-hydrogen) atoms. The van der Waals surface area contributed by atoms with E-state index in [1.807, 2.05) is 7.11 Å². The maximum atomic E-state index is 6.39. The van der Waals surface area contributed by atoms with Crippen molar-refractivity contribution in [1.82, 2.24) is 0 Å². The molecule has 0 heterocycles. The van der Waals surface area contributed by atoms with Crippen molar-refractivity contribution in [3.05, 3.63) is 23.5 Å². The molecule has 136 valence electrons. The summed E-state index contributed by atoms with van der Waals surface area (Å²) in [5, 5.41) is 0. The maximum absolute atomic E-state index is 6.39. The molecule has 0 spiro atoms. The first kappa shape index (κ1) is 18.3. The Morgan fingerprint density at radius 1 is 1.12 bits per heavy atom. The van der Waals surface area contributed by atoms with Crippen molar-refractivity contribution in [3.63, 3.8) is 0 Å². The molecule has 0 unspecified atom stereocenters. The van der Waals surface area contributed by atoms with Crippen LogP contribution in [-0.4, -0.2) is 21.5 Å². The molecular weight excluding hydrogens is 312 g/mol. The third-order valence-corrected chi connectivity index (χ3v) is 7.30. The number of ether oxygens (including phenoxy) is 1. The second kappa shape index (κ2) is 6.64. The van der Waals surface area contributed by atoms with Gasteiger partial charge in [0, 0.05) is 13.5 Å². The molecule has 0 aromatic carbocycles. The van der Waals surface area contributed by atoms with E-state index in [0.717, 1.165) is 24.7 Å². The lowest BCUT2D eigenvalue weighted by Crippen LogP contribution is -2.29. The van der Waals surface area contributed by atoms with Crippen LogP contribution in [0.25, 0.3) is 0 Å². The van der Waals surface area contributed by atoms with Crippen LogP contribution in [-0.2, 0) is 9.16 Å². The Kier molecular flexibility index (Phi) is 5.05. The summed E-state index contributed by atoms with van der Waals surface area (Å²) in [5.74, 6) is 3.65. The highest BCUT2D eigenvalue weighted by atomic mass is 28.4. The second-order valence-corrected chi connectivity index (χ2v) is 14.0. The molecule has 3 rings (SSSR count). The van der Waals surface area contributed by atoms with Gasteiger partial charge in [0.1, 0.15) is 0 Å². The molecule has 3 heteroatoms. The molecule has 0 saturated heterocycles. The summed E-state index contributed by atoms with van der Waals surface area (Å²) < 4.78 is 12.3. The Morgan fingerprint density at radius 3 is 2.50 bits per heavy atom. The van der Waals surface area contributed by atoms with Crippen molar-refractivity contribution in [3.8, 4) is 0 Å². The number of rotatable bonds is 3. The molecule has 0 radical (unpaired) electrons. The lowest BCUT2D eigenvalue weighted by molar-refractivity contribution is 0.0906. The van der Waals surface area contributed by atoms with Gasteiger partial charge in [0.05, 0.1) is 11.9 Å². The van der Waals surface area contributed by atoms with Gasteiger partial charge in [-0.25, -0.2) is 0 Å². The van der Waals surface area contributed by atoms with Crippen molar-refractivity contribution < 1.29 is 9.16 Å². The Bertz CT molecular complexity index is 526. The standard InChI is InChI=1S/C21H36O2Si/c1-21(2)18-14-19(22-3)16-11-9-7-8-10-15(23-24(4,5)6)12-13-17(16)20(18)21/h10-11,17-20H,7-9,12-14H2,1-6H3/b15-10+,16-11+/t17-,18-,19-,20+/m1/s1. The van der Waals surface area contributed by atoms with Gasteiger partial charge in [-0.3, -0.25) is 0 Å². The molecule has 2 fully saturated rings. The molecule has 3 aliphatic carbocycles. The average molecular weight is 349 g/mol. The summed E-state index contributed by atoms with van der Waals surface area (Å²) in [4.78, 5) is 0. The molecule has 2 saturated carbocycles. The van der Waals surface area contributed by atoms with Crippen molar-refractivity contribution in [2.24, 2.45) is 23.2 Å². The van der Waals surface area contributed by atoms with Crippen LogP contribution in [0.3, 0.4) is 0 Å². The predicted octanol–water partition coefficient (Wildman–Crippen LogP) is 5.92. The number of methoxy groups -OCH3 is 1. The van der Waals surface area contributed by atoms with Crippen LogP contribution >= 0.6 is 0 Å². The average Bonchev–Trinajstić information content (AvgIpc) is 3.04. The lowest BCUT2D eigenvalue weighted by atomic mass is 9.78. The van der Waals surface area contributed by atoms with E-state index in [-0.39, 0.29) is 0 Å². The summed E-state index contributed by atoms with van der Waals surface area (Å²) in [6.07, 6.45) is 12.4. The Balaban J connectivity index is 1.81. The largest absolute Gasteiger partial charge is 0.548 e. The SMILES string of the molecule is CO[C@@H]1C[C@@H]2[C@H]([C@@H]3CC/C(O[Si](C)(C)C)=C\CCC/C=C\31)C2(C)C. The Morgan fingerprint density at radius 2 is 1.83 bits per heavy atom. The maximum Gasteiger partial charge on any atom is 0.241 e. The van der Waals surface area contributed by atoms with Gasteiger partial charge in [0.25, 0.3) is 0 Å². The summed E-state index contributed by atoms with van der Waals surface area (Å²) in [6.45, 7) is 11.8. The lowest BCUT2D eigenvalue weighted by Gasteiger charge is -2.33. The second-order valence-electron chi connectivity index (χ2n) is 9.58. The van der Waals surface area contributed by atoms with Crippen molar-refractivity contribution in [2.45, 2.75) is 78.1 Å². The molecule has 0 aromatic heterocycles. The third-order valence-electron chi connectivity index (χ3n) is 6.42. The molecule has 3 aliphatic rings.